The molecule has 4 heteroatoms. The summed E-state index contributed by atoms with van der Waals surface area (Å²) >= 11 is 0. The van der Waals surface area contributed by atoms with Gasteiger partial charge >= 0.3 is 0 Å². The summed E-state index contributed by atoms with van der Waals surface area (Å²) in [5.74, 6) is -0.00277. The summed E-state index contributed by atoms with van der Waals surface area (Å²) in [6.07, 6.45) is 1.84. The average Bonchev–Trinajstić information content (AvgIpc) is 2.31. The van der Waals surface area contributed by atoms with Gasteiger partial charge in [0.05, 0.1) is 0 Å². The highest BCUT2D eigenvalue weighted by molar-refractivity contribution is 5.91. The Kier molecular flexibility index (Phi) is 5.65. The van der Waals surface area contributed by atoms with Crippen LogP contribution in [0.3, 0.4) is 0 Å². The monoisotopic (exact) mass is 250 g/mol. The molecule has 0 saturated carbocycles. The molecule has 1 amide bonds. The number of hydrogen-bond acceptors (Lipinski definition) is 3. The zero-order chi connectivity index (χ0) is 13.5. The molecule has 1 rings (SSSR count). The fourth-order valence-corrected chi connectivity index (χ4v) is 1.79. The average molecular weight is 250 g/mol. The topological polar surface area (TPSA) is 52.6 Å². The van der Waals surface area contributed by atoms with Crippen LogP contribution in [0.4, 0.5) is 11.4 Å². The number of aliphatic hydroxyl groups excluding tert-OH is 1. The van der Waals surface area contributed by atoms with Gasteiger partial charge in [0.15, 0.2) is 0 Å². The van der Waals surface area contributed by atoms with Crippen LogP contribution in [0.2, 0.25) is 0 Å². The van der Waals surface area contributed by atoms with E-state index in [1.165, 1.54) is 5.56 Å². The quantitative estimate of drug-likeness (QED) is 0.761. The maximum Gasteiger partial charge on any atom is 0.224 e. The van der Waals surface area contributed by atoms with Gasteiger partial charge in [-0.15, -0.1) is 0 Å². The minimum absolute atomic E-state index is 0.00277. The fourth-order valence-electron chi connectivity index (χ4n) is 1.79. The molecule has 100 valence electrons. The Balaban J connectivity index is 2.62. The van der Waals surface area contributed by atoms with E-state index in [4.69, 9.17) is 5.11 Å². The van der Waals surface area contributed by atoms with Crippen LogP contribution in [0.1, 0.15) is 24.8 Å². The second kappa shape index (κ2) is 7.01. The summed E-state index contributed by atoms with van der Waals surface area (Å²) in [6, 6.07) is 5.88. The standard InChI is InChI=1S/C14H22N2O2/c1-11-7-8-12(10-13(11)16(2)3)15-14(18)6-4-5-9-17/h7-8,10,17H,4-6,9H2,1-3H3,(H,15,18). The molecule has 0 radical (unpaired) electrons. The molecule has 0 aliphatic carbocycles. The van der Waals surface area contributed by atoms with Gasteiger partial charge in [-0.05, 0) is 37.5 Å². The van der Waals surface area contributed by atoms with E-state index in [0.29, 0.717) is 19.3 Å². The van der Waals surface area contributed by atoms with Gasteiger partial charge in [0, 0.05) is 38.5 Å². The van der Waals surface area contributed by atoms with Crippen LogP contribution < -0.4 is 10.2 Å². The van der Waals surface area contributed by atoms with Crippen LogP contribution in [-0.4, -0.2) is 31.7 Å². The van der Waals surface area contributed by atoms with Gasteiger partial charge in [-0.25, -0.2) is 0 Å². The molecule has 0 aromatic heterocycles. The van der Waals surface area contributed by atoms with Crippen molar-refractivity contribution in [2.24, 2.45) is 0 Å². The third-order valence-electron chi connectivity index (χ3n) is 2.79. The number of aryl methyl sites for hydroxylation is 1. The van der Waals surface area contributed by atoms with E-state index in [-0.39, 0.29) is 12.5 Å². The van der Waals surface area contributed by atoms with Gasteiger partial charge in [-0.2, -0.15) is 0 Å². The summed E-state index contributed by atoms with van der Waals surface area (Å²) in [7, 11) is 3.96. The number of anilines is 2. The van der Waals surface area contributed by atoms with Gasteiger partial charge in [-0.1, -0.05) is 6.07 Å². The highest BCUT2D eigenvalue weighted by atomic mass is 16.2. The lowest BCUT2D eigenvalue weighted by Gasteiger charge is -2.17. The summed E-state index contributed by atoms with van der Waals surface area (Å²) in [4.78, 5) is 13.7. The fraction of sp³-hybridized carbons (Fsp3) is 0.500. The van der Waals surface area contributed by atoms with E-state index in [1.807, 2.05) is 44.1 Å². The SMILES string of the molecule is Cc1ccc(NC(=O)CCCCO)cc1N(C)C. The summed E-state index contributed by atoms with van der Waals surface area (Å²) in [5, 5.41) is 11.5. The number of nitrogens with one attached hydrogen (secondary N) is 1. The van der Waals surface area contributed by atoms with E-state index < -0.39 is 0 Å². The van der Waals surface area contributed by atoms with Crippen molar-refractivity contribution in [2.45, 2.75) is 26.2 Å². The molecule has 4 nitrogen and oxygen atoms in total. The van der Waals surface area contributed by atoms with E-state index in [1.54, 1.807) is 0 Å². The lowest BCUT2D eigenvalue weighted by molar-refractivity contribution is -0.116. The number of amides is 1. The minimum atomic E-state index is -0.00277. The van der Waals surface area contributed by atoms with Crippen LogP contribution >= 0.6 is 0 Å². The van der Waals surface area contributed by atoms with Crippen molar-refractivity contribution in [3.05, 3.63) is 23.8 Å². The van der Waals surface area contributed by atoms with Crippen molar-refractivity contribution in [3.8, 4) is 0 Å². The molecule has 0 aliphatic heterocycles. The molecular formula is C14H22N2O2. The Morgan fingerprint density at radius 3 is 2.67 bits per heavy atom. The van der Waals surface area contributed by atoms with Gasteiger partial charge < -0.3 is 15.3 Å². The normalized spacial score (nSPS) is 10.2. The molecule has 0 unspecified atom stereocenters. The maximum absolute atomic E-state index is 11.6. The number of unbranched alkanes of at least 4 members (excludes halogenated alkanes) is 1. The molecule has 2 N–H and O–H groups in total. The van der Waals surface area contributed by atoms with E-state index in [9.17, 15) is 4.79 Å². The molecule has 1 aromatic rings. The molecule has 1 aromatic carbocycles. The second-order valence-corrected chi connectivity index (χ2v) is 4.62. The molecule has 0 atom stereocenters. The number of nitrogens with zero attached hydrogens (tertiary/aromatic N) is 1. The highest BCUT2D eigenvalue weighted by Crippen LogP contribution is 2.22. The minimum Gasteiger partial charge on any atom is -0.396 e. The first-order chi connectivity index (χ1) is 8.54. The summed E-state index contributed by atoms with van der Waals surface area (Å²) in [6.45, 7) is 2.19. The lowest BCUT2D eigenvalue weighted by atomic mass is 10.1. The van der Waals surface area contributed by atoms with Crippen molar-refractivity contribution >= 4 is 17.3 Å². The molecule has 18 heavy (non-hydrogen) atoms. The number of rotatable bonds is 6. The van der Waals surface area contributed by atoms with Gasteiger partial charge in [0.1, 0.15) is 0 Å². The van der Waals surface area contributed by atoms with Gasteiger partial charge in [-0.3, -0.25) is 4.79 Å². The van der Waals surface area contributed by atoms with E-state index in [0.717, 1.165) is 11.4 Å². The second-order valence-electron chi connectivity index (χ2n) is 4.62. The van der Waals surface area contributed by atoms with Crippen LogP contribution in [0.5, 0.6) is 0 Å². The Morgan fingerprint density at radius 1 is 1.33 bits per heavy atom. The van der Waals surface area contributed by atoms with E-state index in [2.05, 4.69) is 5.32 Å². The van der Waals surface area contributed by atoms with Crippen molar-refractivity contribution in [2.75, 3.05) is 30.9 Å². The number of carbonyl (C=O) groups is 1. The largest absolute Gasteiger partial charge is 0.396 e. The van der Waals surface area contributed by atoms with E-state index >= 15 is 0 Å². The van der Waals surface area contributed by atoms with Crippen LogP contribution in [0.25, 0.3) is 0 Å². The Hall–Kier alpha value is -1.55. The van der Waals surface area contributed by atoms with Crippen LogP contribution in [0.15, 0.2) is 18.2 Å². The molecule has 0 spiro atoms. The van der Waals surface area contributed by atoms with Crippen molar-refractivity contribution in [1.82, 2.24) is 0 Å². The molecule has 0 heterocycles. The van der Waals surface area contributed by atoms with Gasteiger partial charge in [0.25, 0.3) is 0 Å². The number of carbonyl (C=O) groups excluding carboxylic acids is 1. The maximum atomic E-state index is 11.6. The molecule has 0 aliphatic rings. The lowest BCUT2D eigenvalue weighted by Crippen LogP contribution is -2.14. The Bertz CT molecular complexity index is 403. The predicted molar refractivity (Wildman–Crippen MR) is 75.1 cm³/mol. The molecular weight excluding hydrogens is 228 g/mol. The van der Waals surface area contributed by atoms with Crippen molar-refractivity contribution in [3.63, 3.8) is 0 Å². The number of aliphatic hydroxyl groups is 1. The first-order valence-electron chi connectivity index (χ1n) is 6.23. The summed E-state index contributed by atoms with van der Waals surface area (Å²) in [5.41, 5.74) is 3.10. The van der Waals surface area contributed by atoms with Gasteiger partial charge in [0.2, 0.25) is 5.91 Å². The predicted octanol–water partition coefficient (Wildman–Crippen LogP) is 2.16. The zero-order valence-corrected chi connectivity index (χ0v) is 11.4. The third kappa shape index (κ3) is 4.37. The molecule has 0 bridgehead atoms. The highest BCUT2D eigenvalue weighted by Gasteiger charge is 2.05. The van der Waals surface area contributed by atoms with Crippen molar-refractivity contribution < 1.29 is 9.90 Å². The summed E-state index contributed by atoms with van der Waals surface area (Å²) < 4.78 is 0. The smallest absolute Gasteiger partial charge is 0.224 e. The van der Waals surface area contributed by atoms with Crippen LogP contribution in [-0.2, 0) is 4.79 Å². The third-order valence-corrected chi connectivity index (χ3v) is 2.79. The van der Waals surface area contributed by atoms with Crippen molar-refractivity contribution in [1.29, 1.82) is 0 Å². The Morgan fingerprint density at radius 2 is 2.06 bits per heavy atom. The first kappa shape index (κ1) is 14.5. The molecule has 0 saturated heterocycles. The number of hydrogen-bond donors (Lipinski definition) is 2. The van der Waals surface area contributed by atoms with Crippen LogP contribution in [0, 0.1) is 6.92 Å². The Labute approximate surface area is 109 Å². The molecule has 0 fully saturated rings. The first-order valence-corrected chi connectivity index (χ1v) is 6.23. The zero-order valence-electron chi connectivity index (χ0n) is 11.4. The number of benzene rings is 1.